The summed E-state index contributed by atoms with van der Waals surface area (Å²) >= 11 is 0. The van der Waals surface area contributed by atoms with E-state index in [4.69, 9.17) is 14.2 Å². The van der Waals surface area contributed by atoms with Gasteiger partial charge in [-0.1, -0.05) is 19.1 Å². The fourth-order valence-corrected chi connectivity index (χ4v) is 2.25. The van der Waals surface area contributed by atoms with Gasteiger partial charge in [0.05, 0.1) is 20.3 Å². The first-order chi connectivity index (χ1) is 9.33. The molecule has 1 saturated heterocycles. The zero-order valence-corrected chi connectivity index (χ0v) is 11.7. The monoisotopic (exact) mass is 265 g/mol. The quantitative estimate of drug-likeness (QED) is 0.822. The Morgan fingerprint density at radius 1 is 1.37 bits per heavy atom. The molecule has 1 aliphatic rings. The molecular weight excluding hydrogens is 242 g/mol. The van der Waals surface area contributed by atoms with Gasteiger partial charge in [0.2, 0.25) is 0 Å². The van der Waals surface area contributed by atoms with Crippen molar-refractivity contribution >= 4 is 0 Å². The molecule has 106 valence electrons. The first-order valence-electron chi connectivity index (χ1n) is 6.94. The van der Waals surface area contributed by atoms with Gasteiger partial charge >= 0.3 is 0 Å². The predicted octanol–water partition coefficient (Wildman–Crippen LogP) is 2.50. The van der Waals surface area contributed by atoms with E-state index in [1.54, 1.807) is 7.11 Å². The summed E-state index contributed by atoms with van der Waals surface area (Å²) in [6, 6.07) is 8.40. The Hall–Kier alpha value is -1.10. The van der Waals surface area contributed by atoms with Gasteiger partial charge in [-0.15, -0.1) is 0 Å². The minimum Gasteiger partial charge on any atom is -0.497 e. The molecular formula is C15H23NO3. The van der Waals surface area contributed by atoms with E-state index in [1.807, 2.05) is 12.1 Å². The molecule has 2 rings (SSSR count). The molecule has 1 atom stereocenters. The van der Waals surface area contributed by atoms with Crippen molar-refractivity contribution in [3.05, 3.63) is 29.8 Å². The van der Waals surface area contributed by atoms with Crippen LogP contribution in [-0.2, 0) is 9.47 Å². The van der Waals surface area contributed by atoms with Gasteiger partial charge in [-0.05, 0) is 30.7 Å². The lowest BCUT2D eigenvalue weighted by atomic mass is 10.0. The minimum absolute atomic E-state index is 0.0967. The fraction of sp³-hybridized carbons (Fsp3) is 0.600. The maximum atomic E-state index is 5.55. The van der Waals surface area contributed by atoms with Gasteiger partial charge in [0, 0.05) is 12.5 Å². The van der Waals surface area contributed by atoms with Crippen LogP contribution < -0.4 is 10.1 Å². The Bertz CT molecular complexity index is 377. The lowest BCUT2D eigenvalue weighted by Crippen LogP contribution is -2.26. The smallest absolute Gasteiger partial charge is 0.159 e. The van der Waals surface area contributed by atoms with Crippen LogP contribution >= 0.6 is 0 Å². The SMILES string of the molecule is CCCNC(CC1OCCO1)c1cccc(OC)c1. The molecule has 0 spiro atoms. The van der Waals surface area contributed by atoms with Gasteiger partial charge in [-0.3, -0.25) is 0 Å². The van der Waals surface area contributed by atoms with Gasteiger partial charge in [-0.25, -0.2) is 0 Å². The number of rotatable bonds is 7. The molecule has 1 aromatic rings. The highest BCUT2D eigenvalue weighted by atomic mass is 16.7. The van der Waals surface area contributed by atoms with E-state index in [0.717, 1.165) is 25.1 Å². The van der Waals surface area contributed by atoms with Crippen molar-refractivity contribution in [2.75, 3.05) is 26.9 Å². The van der Waals surface area contributed by atoms with Gasteiger partial charge in [0.1, 0.15) is 5.75 Å². The van der Waals surface area contributed by atoms with E-state index in [9.17, 15) is 0 Å². The summed E-state index contributed by atoms with van der Waals surface area (Å²) in [6.45, 7) is 4.54. The lowest BCUT2D eigenvalue weighted by molar-refractivity contribution is -0.0530. The first kappa shape index (κ1) is 14.3. The number of ether oxygens (including phenoxy) is 3. The molecule has 0 amide bonds. The van der Waals surface area contributed by atoms with Crippen LogP contribution in [0.1, 0.15) is 31.4 Å². The van der Waals surface area contributed by atoms with Gasteiger partial charge in [0.15, 0.2) is 6.29 Å². The molecule has 4 nitrogen and oxygen atoms in total. The Balaban J connectivity index is 2.05. The van der Waals surface area contributed by atoms with E-state index in [-0.39, 0.29) is 12.3 Å². The third kappa shape index (κ3) is 4.20. The number of methoxy groups -OCH3 is 1. The van der Waals surface area contributed by atoms with E-state index < -0.39 is 0 Å². The molecule has 1 aliphatic heterocycles. The van der Waals surface area contributed by atoms with E-state index >= 15 is 0 Å². The molecule has 19 heavy (non-hydrogen) atoms. The van der Waals surface area contributed by atoms with Crippen molar-refractivity contribution in [2.24, 2.45) is 0 Å². The minimum atomic E-state index is -0.0967. The van der Waals surface area contributed by atoms with Crippen molar-refractivity contribution in [3.8, 4) is 5.75 Å². The fourth-order valence-electron chi connectivity index (χ4n) is 2.25. The van der Waals surface area contributed by atoms with E-state index in [1.165, 1.54) is 5.56 Å². The van der Waals surface area contributed by atoms with Crippen LogP contribution in [0.25, 0.3) is 0 Å². The average Bonchev–Trinajstić information content (AvgIpc) is 2.96. The molecule has 1 N–H and O–H groups in total. The van der Waals surface area contributed by atoms with Crippen molar-refractivity contribution in [3.63, 3.8) is 0 Å². The van der Waals surface area contributed by atoms with E-state index in [2.05, 4.69) is 24.4 Å². The van der Waals surface area contributed by atoms with E-state index in [0.29, 0.717) is 13.2 Å². The summed E-state index contributed by atoms with van der Waals surface area (Å²) in [5.74, 6) is 0.883. The Kier molecular flexibility index (Phi) is 5.63. The highest BCUT2D eigenvalue weighted by Crippen LogP contribution is 2.25. The molecule has 1 heterocycles. The number of hydrogen-bond donors (Lipinski definition) is 1. The third-order valence-corrected chi connectivity index (χ3v) is 3.26. The summed E-state index contributed by atoms with van der Waals surface area (Å²) in [6.07, 6.45) is 1.83. The standard InChI is InChI=1S/C15H23NO3/c1-3-7-16-14(11-15-18-8-9-19-15)12-5-4-6-13(10-12)17-2/h4-6,10,14-16H,3,7-9,11H2,1-2H3. The molecule has 1 unspecified atom stereocenters. The Morgan fingerprint density at radius 3 is 2.84 bits per heavy atom. The van der Waals surface area contributed by atoms with Crippen LogP contribution in [0, 0.1) is 0 Å². The summed E-state index contributed by atoms with van der Waals surface area (Å²) < 4.78 is 16.4. The molecule has 0 aromatic heterocycles. The maximum Gasteiger partial charge on any atom is 0.159 e. The molecule has 4 heteroatoms. The third-order valence-electron chi connectivity index (χ3n) is 3.26. The van der Waals surface area contributed by atoms with Crippen LogP contribution in [0.3, 0.4) is 0 Å². The highest BCUT2D eigenvalue weighted by molar-refractivity contribution is 5.30. The zero-order valence-electron chi connectivity index (χ0n) is 11.7. The number of benzene rings is 1. The van der Waals surface area contributed by atoms with Gasteiger partial charge in [-0.2, -0.15) is 0 Å². The summed E-state index contributed by atoms with van der Waals surface area (Å²) in [7, 11) is 1.69. The van der Waals surface area contributed by atoms with Crippen LogP contribution in [0.15, 0.2) is 24.3 Å². The lowest BCUT2D eigenvalue weighted by Gasteiger charge is -2.22. The second kappa shape index (κ2) is 7.48. The Labute approximate surface area is 115 Å². The molecule has 0 radical (unpaired) electrons. The second-order valence-electron chi connectivity index (χ2n) is 4.69. The van der Waals surface area contributed by atoms with Crippen molar-refractivity contribution in [2.45, 2.75) is 32.1 Å². The summed E-state index contributed by atoms with van der Waals surface area (Å²) in [4.78, 5) is 0. The van der Waals surface area contributed by atoms with Crippen LogP contribution in [-0.4, -0.2) is 33.2 Å². The normalized spacial score (nSPS) is 17.6. The highest BCUT2D eigenvalue weighted by Gasteiger charge is 2.22. The number of hydrogen-bond acceptors (Lipinski definition) is 4. The van der Waals surface area contributed by atoms with Crippen LogP contribution in [0.5, 0.6) is 5.75 Å². The van der Waals surface area contributed by atoms with Crippen LogP contribution in [0.4, 0.5) is 0 Å². The zero-order chi connectivity index (χ0) is 13.5. The molecule has 0 bridgehead atoms. The predicted molar refractivity (Wildman–Crippen MR) is 74.3 cm³/mol. The Morgan fingerprint density at radius 2 is 2.16 bits per heavy atom. The van der Waals surface area contributed by atoms with Gasteiger partial charge in [0.25, 0.3) is 0 Å². The topological polar surface area (TPSA) is 39.7 Å². The summed E-state index contributed by atoms with van der Waals surface area (Å²) in [5.41, 5.74) is 1.21. The van der Waals surface area contributed by atoms with Gasteiger partial charge < -0.3 is 19.5 Å². The second-order valence-corrected chi connectivity index (χ2v) is 4.69. The summed E-state index contributed by atoms with van der Waals surface area (Å²) in [5, 5.41) is 3.55. The maximum absolute atomic E-state index is 5.55. The first-order valence-corrected chi connectivity index (χ1v) is 6.94. The molecule has 0 saturated carbocycles. The van der Waals surface area contributed by atoms with Crippen molar-refractivity contribution in [1.82, 2.24) is 5.32 Å². The van der Waals surface area contributed by atoms with Crippen molar-refractivity contribution in [1.29, 1.82) is 0 Å². The molecule has 1 fully saturated rings. The largest absolute Gasteiger partial charge is 0.497 e. The van der Waals surface area contributed by atoms with Crippen molar-refractivity contribution < 1.29 is 14.2 Å². The van der Waals surface area contributed by atoms with Crippen LogP contribution in [0.2, 0.25) is 0 Å². The average molecular weight is 265 g/mol. The molecule has 1 aromatic carbocycles. The number of nitrogens with one attached hydrogen (secondary N) is 1. The molecule has 0 aliphatic carbocycles.